The minimum absolute atomic E-state index is 0.199. The number of hydrogen-bond acceptors (Lipinski definition) is 0. The van der Waals surface area contributed by atoms with E-state index in [1.54, 1.807) is 24.3 Å². The van der Waals surface area contributed by atoms with Crippen molar-refractivity contribution < 1.29 is 13.2 Å². The molecule has 0 N–H and O–H groups in total. The topological polar surface area (TPSA) is 0 Å². The number of halogens is 3. The summed E-state index contributed by atoms with van der Waals surface area (Å²) in [5.41, 5.74) is 0.456. The van der Waals surface area contributed by atoms with Gasteiger partial charge in [-0.15, -0.1) is 0 Å². The Morgan fingerprint density at radius 2 is 1.47 bits per heavy atom. The summed E-state index contributed by atoms with van der Waals surface area (Å²) < 4.78 is 38.5. The minimum atomic E-state index is -1.88. The summed E-state index contributed by atoms with van der Waals surface area (Å²) in [4.78, 5) is 0. The van der Waals surface area contributed by atoms with Gasteiger partial charge in [0.1, 0.15) is 5.82 Å². The van der Waals surface area contributed by atoms with Crippen molar-refractivity contribution in [2.24, 2.45) is 0 Å². The van der Waals surface area contributed by atoms with Gasteiger partial charge in [-0.2, -0.15) is 8.78 Å². The molecule has 19 heavy (non-hydrogen) atoms. The molecule has 0 aliphatic carbocycles. The second-order valence-corrected chi connectivity index (χ2v) is 3.76. The van der Waals surface area contributed by atoms with Crippen LogP contribution < -0.4 is 0 Å². The van der Waals surface area contributed by atoms with Gasteiger partial charge in [-0.05, 0) is 29.8 Å². The fourth-order valence-electron chi connectivity index (χ4n) is 1.50. The number of benzene rings is 2. The van der Waals surface area contributed by atoms with E-state index < -0.39 is 11.9 Å². The van der Waals surface area contributed by atoms with Gasteiger partial charge in [0.05, 0.1) is 5.57 Å². The van der Waals surface area contributed by atoms with Crippen molar-refractivity contribution in [1.82, 2.24) is 0 Å². The van der Waals surface area contributed by atoms with Crippen molar-refractivity contribution in [2.45, 2.75) is 0 Å². The molecule has 2 aromatic rings. The maximum Gasteiger partial charge on any atom is 0.286 e. The van der Waals surface area contributed by atoms with Crippen molar-refractivity contribution in [3.05, 3.63) is 77.6 Å². The van der Waals surface area contributed by atoms with Crippen molar-refractivity contribution in [3.8, 4) is 11.8 Å². The molecule has 0 spiro atoms. The molecule has 0 amide bonds. The Morgan fingerprint density at radius 3 is 2.05 bits per heavy atom. The summed E-state index contributed by atoms with van der Waals surface area (Å²) in [7, 11) is 0. The van der Waals surface area contributed by atoms with E-state index in [4.69, 9.17) is 0 Å². The molecule has 0 aliphatic heterocycles. The molecule has 0 bridgehead atoms. The smallest absolute Gasteiger partial charge is 0.207 e. The van der Waals surface area contributed by atoms with Gasteiger partial charge in [-0.1, -0.05) is 42.2 Å². The first-order valence-corrected chi connectivity index (χ1v) is 5.55. The van der Waals surface area contributed by atoms with Crippen molar-refractivity contribution in [3.63, 3.8) is 0 Å². The van der Waals surface area contributed by atoms with Gasteiger partial charge in [0.2, 0.25) is 0 Å². The number of allylic oxidation sites excluding steroid dienone is 1. The second kappa shape index (κ2) is 5.92. The SMILES string of the molecule is FC(F)=C(C#Cc1ccccc1)c1ccc(F)cc1. The largest absolute Gasteiger partial charge is 0.286 e. The van der Waals surface area contributed by atoms with Crippen LogP contribution in [0.5, 0.6) is 0 Å². The third-order valence-corrected chi connectivity index (χ3v) is 2.43. The summed E-state index contributed by atoms with van der Waals surface area (Å²) in [6, 6.07) is 13.6. The van der Waals surface area contributed by atoms with Gasteiger partial charge in [-0.3, -0.25) is 0 Å². The summed E-state index contributed by atoms with van der Waals surface area (Å²) in [6.07, 6.45) is -1.88. The van der Waals surface area contributed by atoms with Crippen molar-refractivity contribution in [2.75, 3.05) is 0 Å². The van der Waals surface area contributed by atoms with Crippen LogP contribution in [0.25, 0.3) is 5.57 Å². The molecule has 0 atom stereocenters. The predicted molar refractivity (Wildman–Crippen MR) is 68.9 cm³/mol. The second-order valence-electron chi connectivity index (χ2n) is 3.76. The van der Waals surface area contributed by atoms with Gasteiger partial charge in [0.25, 0.3) is 6.08 Å². The van der Waals surface area contributed by atoms with E-state index in [-0.39, 0.29) is 11.1 Å². The first kappa shape index (κ1) is 13.0. The Morgan fingerprint density at radius 1 is 0.842 bits per heavy atom. The molecule has 0 nitrogen and oxygen atoms in total. The molecule has 0 saturated carbocycles. The fraction of sp³-hybridized carbons (Fsp3) is 0. The van der Waals surface area contributed by atoms with Crippen LogP contribution in [0.3, 0.4) is 0 Å². The molecule has 0 fully saturated rings. The normalized spacial score (nSPS) is 9.42. The lowest BCUT2D eigenvalue weighted by Crippen LogP contribution is -1.84. The maximum atomic E-state index is 12.9. The Kier molecular flexibility index (Phi) is 4.04. The molecule has 0 aliphatic rings. The molecule has 3 heteroatoms. The lowest BCUT2D eigenvalue weighted by Gasteiger charge is -1.98. The van der Waals surface area contributed by atoms with Gasteiger partial charge in [0.15, 0.2) is 0 Å². The van der Waals surface area contributed by atoms with Gasteiger partial charge < -0.3 is 0 Å². The van der Waals surface area contributed by atoms with Crippen LogP contribution in [0.4, 0.5) is 13.2 Å². The van der Waals surface area contributed by atoms with Crippen LogP contribution in [-0.2, 0) is 0 Å². The zero-order chi connectivity index (χ0) is 13.7. The quantitative estimate of drug-likeness (QED) is 0.661. The Labute approximate surface area is 109 Å². The number of rotatable bonds is 1. The van der Waals surface area contributed by atoms with E-state index in [2.05, 4.69) is 11.8 Å². The third-order valence-electron chi connectivity index (χ3n) is 2.43. The summed E-state index contributed by atoms with van der Waals surface area (Å²) in [5, 5.41) is 0. The molecular formula is C16H9F3. The van der Waals surface area contributed by atoms with Gasteiger partial charge in [-0.25, -0.2) is 4.39 Å². The van der Waals surface area contributed by atoms with Crippen LogP contribution in [0.2, 0.25) is 0 Å². The monoisotopic (exact) mass is 258 g/mol. The zero-order valence-electron chi connectivity index (χ0n) is 9.83. The highest BCUT2D eigenvalue weighted by molar-refractivity contribution is 5.80. The summed E-state index contributed by atoms with van der Waals surface area (Å²) >= 11 is 0. The first-order chi connectivity index (χ1) is 9.16. The lowest BCUT2D eigenvalue weighted by molar-refractivity contribution is 0.427. The zero-order valence-corrected chi connectivity index (χ0v) is 9.83. The van der Waals surface area contributed by atoms with Crippen LogP contribution in [0.1, 0.15) is 11.1 Å². The Balaban J connectivity index is 2.37. The van der Waals surface area contributed by atoms with E-state index in [0.717, 1.165) is 12.1 Å². The van der Waals surface area contributed by atoms with Gasteiger partial charge >= 0.3 is 0 Å². The Hall–Kier alpha value is -2.47. The van der Waals surface area contributed by atoms with Crippen molar-refractivity contribution in [1.29, 1.82) is 0 Å². The van der Waals surface area contributed by atoms with Crippen LogP contribution in [0.15, 0.2) is 60.7 Å². The highest BCUT2D eigenvalue weighted by Gasteiger charge is 2.06. The predicted octanol–water partition coefficient (Wildman–Crippen LogP) is 4.49. The van der Waals surface area contributed by atoms with Gasteiger partial charge in [0, 0.05) is 5.56 Å². The van der Waals surface area contributed by atoms with Crippen LogP contribution >= 0.6 is 0 Å². The number of hydrogen-bond donors (Lipinski definition) is 0. The standard InChI is InChI=1S/C16H9F3/c17-14-9-7-13(8-10-14)15(16(18)19)11-6-12-4-2-1-3-5-12/h1-5,7-10H. The molecule has 0 unspecified atom stereocenters. The van der Waals surface area contributed by atoms with Crippen LogP contribution in [0, 0.1) is 17.7 Å². The van der Waals surface area contributed by atoms with E-state index in [1.807, 2.05) is 6.07 Å². The van der Waals surface area contributed by atoms with Crippen LogP contribution in [-0.4, -0.2) is 0 Å². The molecule has 2 rings (SSSR count). The molecule has 94 valence electrons. The fourth-order valence-corrected chi connectivity index (χ4v) is 1.50. The Bertz CT molecular complexity index is 640. The molecule has 0 radical (unpaired) electrons. The lowest BCUT2D eigenvalue weighted by atomic mass is 10.1. The molecular weight excluding hydrogens is 249 g/mol. The summed E-state index contributed by atoms with van der Waals surface area (Å²) in [6.45, 7) is 0. The molecule has 2 aromatic carbocycles. The van der Waals surface area contributed by atoms with Crippen molar-refractivity contribution >= 4 is 5.57 Å². The van der Waals surface area contributed by atoms with E-state index in [9.17, 15) is 13.2 Å². The summed E-state index contributed by atoms with van der Waals surface area (Å²) in [5.74, 6) is 4.61. The average Bonchev–Trinajstić information content (AvgIpc) is 2.42. The highest BCUT2D eigenvalue weighted by Crippen LogP contribution is 2.20. The maximum absolute atomic E-state index is 12.9. The first-order valence-electron chi connectivity index (χ1n) is 5.55. The van der Waals surface area contributed by atoms with E-state index in [1.165, 1.54) is 12.1 Å². The third kappa shape index (κ3) is 3.49. The molecule has 0 saturated heterocycles. The molecule has 0 aromatic heterocycles. The molecule has 0 heterocycles. The highest BCUT2D eigenvalue weighted by atomic mass is 19.3. The van der Waals surface area contributed by atoms with E-state index >= 15 is 0 Å². The average molecular weight is 258 g/mol. The van der Waals surface area contributed by atoms with E-state index in [0.29, 0.717) is 5.56 Å². The minimum Gasteiger partial charge on any atom is -0.207 e.